The SMILES string of the molecule is COCCOCn1c(-c2ccccc2)c(C(=O)C(F)(F)C(F)(F)C(F)(F)C(F)(F)C(F)(F)C(F)(F)C(F)(F)F)c2ccccc21. The molecule has 0 bridgehead atoms. The number of rotatable bonds is 13. The Morgan fingerprint density at radius 1 is 0.644 bits per heavy atom. The smallest absolute Gasteiger partial charge is 0.382 e. The van der Waals surface area contributed by atoms with Crippen LogP contribution < -0.4 is 0 Å². The molecule has 3 aromatic rings. The molecule has 0 fully saturated rings. The van der Waals surface area contributed by atoms with Gasteiger partial charge in [0.1, 0.15) is 6.73 Å². The fourth-order valence-electron chi connectivity index (χ4n) is 4.13. The van der Waals surface area contributed by atoms with Crippen LogP contribution in [0.5, 0.6) is 0 Å². The standard InChI is InChI=1S/C26H18F15NO3/c1-44-11-12-45-13-42-16-10-6-5-9-15(16)17(18(42)14-7-3-2-4-8-14)19(43)20(27,28)21(29,30)22(31,32)23(33,34)24(35,36)25(37,38)26(39,40)41/h2-10H,11-13H2,1H3. The summed E-state index contributed by atoms with van der Waals surface area (Å²) in [5, 5.41) is -0.698. The molecule has 45 heavy (non-hydrogen) atoms. The van der Waals surface area contributed by atoms with Crippen molar-refractivity contribution in [1.29, 1.82) is 0 Å². The first kappa shape index (κ1) is 36.0. The summed E-state index contributed by atoms with van der Waals surface area (Å²) in [4.78, 5) is 13.1. The van der Waals surface area contributed by atoms with E-state index in [9.17, 15) is 61.9 Å². The monoisotopic (exact) mass is 677 g/mol. The Labute approximate surface area is 242 Å². The van der Waals surface area contributed by atoms with Gasteiger partial charge in [-0.3, -0.25) is 4.79 Å². The predicted octanol–water partition coefficient (Wildman–Crippen LogP) is 8.49. The highest BCUT2D eigenvalue weighted by Crippen LogP contribution is 2.62. The zero-order valence-corrected chi connectivity index (χ0v) is 22.2. The van der Waals surface area contributed by atoms with Crippen molar-refractivity contribution in [2.45, 2.75) is 48.4 Å². The second kappa shape index (κ2) is 11.7. The fourth-order valence-corrected chi connectivity index (χ4v) is 4.13. The van der Waals surface area contributed by atoms with Gasteiger partial charge in [-0.1, -0.05) is 48.5 Å². The molecule has 3 rings (SSSR count). The maximum atomic E-state index is 15.2. The van der Waals surface area contributed by atoms with Crippen molar-refractivity contribution in [2.24, 2.45) is 0 Å². The summed E-state index contributed by atoms with van der Waals surface area (Å²) in [5.41, 5.74) is -2.81. The minimum Gasteiger partial charge on any atom is -0.382 e. The van der Waals surface area contributed by atoms with Gasteiger partial charge in [0.2, 0.25) is 5.78 Å². The minimum atomic E-state index is -8.52. The van der Waals surface area contributed by atoms with Gasteiger partial charge in [-0.2, -0.15) is 65.9 Å². The molecule has 0 aliphatic heterocycles. The summed E-state index contributed by atoms with van der Waals surface area (Å²) in [6, 6.07) is 10.3. The molecule has 0 radical (unpaired) electrons. The van der Waals surface area contributed by atoms with Crippen molar-refractivity contribution >= 4 is 16.7 Å². The normalized spacial score (nSPS) is 14.3. The number of alkyl halides is 15. The maximum absolute atomic E-state index is 15.2. The second-order valence-corrected chi connectivity index (χ2v) is 9.34. The molecular formula is C26H18F15NO3. The van der Waals surface area contributed by atoms with E-state index in [0.29, 0.717) is 0 Å². The lowest BCUT2D eigenvalue weighted by Crippen LogP contribution is -2.73. The van der Waals surface area contributed by atoms with Gasteiger partial charge in [0.05, 0.1) is 30.0 Å². The van der Waals surface area contributed by atoms with Crippen molar-refractivity contribution in [1.82, 2.24) is 4.57 Å². The number of carbonyl (C=O) groups excluding carboxylic acids is 1. The van der Waals surface area contributed by atoms with Crippen LogP contribution in [0.4, 0.5) is 65.9 Å². The average molecular weight is 677 g/mol. The van der Waals surface area contributed by atoms with E-state index in [2.05, 4.69) is 0 Å². The number of para-hydroxylation sites is 1. The van der Waals surface area contributed by atoms with Gasteiger partial charge in [0.15, 0.2) is 0 Å². The summed E-state index contributed by atoms with van der Waals surface area (Å²) in [7, 11) is 1.27. The average Bonchev–Trinajstić information content (AvgIpc) is 3.28. The Hall–Kier alpha value is -3.48. The van der Waals surface area contributed by atoms with Crippen LogP contribution in [-0.2, 0) is 16.2 Å². The number of ketones is 1. The summed E-state index contributed by atoms with van der Waals surface area (Å²) in [6.45, 7) is -0.888. The Balaban J connectivity index is 2.27. The molecule has 0 spiro atoms. The quantitative estimate of drug-likeness (QED) is 0.104. The number of hydrogen-bond acceptors (Lipinski definition) is 3. The van der Waals surface area contributed by atoms with Crippen molar-refractivity contribution in [3.8, 4) is 11.3 Å². The molecule has 0 saturated carbocycles. The number of ether oxygens (including phenoxy) is 2. The maximum Gasteiger partial charge on any atom is 0.460 e. The fraction of sp³-hybridized carbons (Fsp3) is 0.423. The highest BCUT2D eigenvalue weighted by molar-refractivity contribution is 6.16. The van der Waals surface area contributed by atoms with E-state index >= 15 is 8.78 Å². The van der Waals surface area contributed by atoms with E-state index in [0.717, 1.165) is 34.9 Å². The van der Waals surface area contributed by atoms with Gasteiger partial charge in [0.25, 0.3) is 0 Å². The number of fused-ring (bicyclic) bond motifs is 1. The van der Waals surface area contributed by atoms with Crippen molar-refractivity contribution in [2.75, 3.05) is 20.3 Å². The van der Waals surface area contributed by atoms with Crippen LogP contribution in [-0.4, -0.2) is 72.4 Å². The minimum absolute atomic E-state index is 0.0444. The molecule has 4 nitrogen and oxygen atoms in total. The first-order valence-corrected chi connectivity index (χ1v) is 12.1. The Morgan fingerprint density at radius 3 is 1.67 bits per heavy atom. The molecule has 2 aromatic carbocycles. The van der Waals surface area contributed by atoms with E-state index < -0.39 is 70.9 Å². The van der Waals surface area contributed by atoms with Crippen molar-refractivity contribution < 1.29 is 80.1 Å². The lowest BCUT2D eigenvalue weighted by atomic mass is 9.87. The van der Waals surface area contributed by atoms with Crippen LogP contribution in [0.15, 0.2) is 54.6 Å². The molecule has 19 heteroatoms. The number of benzene rings is 2. The summed E-state index contributed by atoms with van der Waals surface area (Å²) in [5.74, 6) is -52.0. The van der Waals surface area contributed by atoms with Crippen LogP contribution >= 0.6 is 0 Å². The van der Waals surface area contributed by atoms with E-state index in [-0.39, 0.29) is 24.3 Å². The first-order valence-electron chi connectivity index (χ1n) is 12.1. The number of methoxy groups -OCH3 is 1. The molecule has 0 atom stereocenters. The van der Waals surface area contributed by atoms with Gasteiger partial charge in [0, 0.05) is 12.5 Å². The third kappa shape index (κ3) is 5.40. The van der Waals surface area contributed by atoms with Crippen LogP contribution in [0.25, 0.3) is 22.2 Å². The molecule has 0 aliphatic rings. The topological polar surface area (TPSA) is 40.5 Å². The van der Waals surface area contributed by atoms with E-state index in [1.807, 2.05) is 0 Å². The number of halogens is 15. The lowest BCUT2D eigenvalue weighted by molar-refractivity contribution is -0.449. The molecule has 1 heterocycles. The molecule has 0 aliphatic carbocycles. The third-order valence-electron chi connectivity index (χ3n) is 6.51. The third-order valence-corrected chi connectivity index (χ3v) is 6.51. The van der Waals surface area contributed by atoms with Crippen LogP contribution in [0.2, 0.25) is 0 Å². The number of Topliss-reactive ketones (excluding diaryl/α,β-unsaturated/α-hetero) is 1. The zero-order chi connectivity index (χ0) is 34.4. The van der Waals surface area contributed by atoms with Crippen molar-refractivity contribution in [3.63, 3.8) is 0 Å². The highest BCUT2D eigenvalue weighted by atomic mass is 19.4. The molecular weight excluding hydrogens is 659 g/mol. The Kier molecular flexibility index (Phi) is 9.36. The molecule has 0 amide bonds. The summed E-state index contributed by atoms with van der Waals surface area (Å²) >= 11 is 0. The molecule has 1 aromatic heterocycles. The van der Waals surface area contributed by atoms with Gasteiger partial charge in [-0.05, 0) is 11.6 Å². The van der Waals surface area contributed by atoms with E-state index in [1.165, 1.54) is 31.4 Å². The van der Waals surface area contributed by atoms with Crippen molar-refractivity contribution in [3.05, 3.63) is 60.2 Å². The molecule has 0 unspecified atom stereocenters. The van der Waals surface area contributed by atoms with Crippen LogP contribution in [0, 0.1) is 0 Å². The second-order valence-electron chi connectivity index (χ2n) is 9.34. The van der Waals surface area contributed by atoms with Gasteiger partial charge < -0.3 is 14.0 Å². The van der Waals surface area contributed by atoms with Gasteiger partial charge >= 0.3 is 41.7 Å². The molecule has 0 N–H and O–H groups in total. The number of nitrogens with zero attached hydrogens (tertiary/aromatic N) is 1. The lowest BCUT2D eigenvalue weighted by Gasteiger charge is -2.41. The highest BCUT2D eigenvalue weighted by Gasteiger charge is 2.94. The van der Waals surface area contributed by atoms with Gasteiger partial charge in [-0.15, -0.1) is 0 Å². The van der Waals surface area contributed by atoms with Crippen LogP contribution in [0.3, 0.4) is 0 Å². The summed E-state index contributed by atoms with van der Waals surface area (Å²) < 4.78 is 219. The number of aromatic nitrogens is 1. The Bertz CT molecular complexity index is 1520. The largest absolute Gasteiger partial charge is 0.460 e. The van der Waals surface area contributed by atoms with Crippen LogP contribution in [0.1, 0.15) is 10.4 Å². The first-order chi connectivity index (χ1) is 20.4. The number of carbonyl (C=O) groups is 1. The van der Waals surface area contributed by atoms with E-state index in [1.54, 1.807) is 0 Å². The number of hydrogen-bond donors (Lipinski definition) is 0. The predicted molar refractivity (Wildman–Crippen MR) is 125 cm³/mol. The Morgan fingerprint density at radius 2 is 1.13 bits per heavy atom. The zero-order valence-electron chi connectivity index (χ0n) is 22.2. The molecule has 250 valence electrons. The summed E-state index contributed by atoms with van der Waals surface area (Å²) in [6.07, 6.45) is -7.73. The van der Waals surface area contributed by atoms with Gasteiger partial charge in [-0.25, -0.2) is 0 Å². The molecule has 0 saturated heterocycles. The van der Waals surface area contributed by atoms with E-state index in [4.69, 9.17) is 9.47 Å².